The number of allylic oxidation sites excluding steroid dienone is 3. The van der Waals surface area contributed by atoms with Gasteiger partial charge in [0, 0.05) is 23.7 Å². The molecule has 1 aromatic carbocycles. The Morgan fingerprint density at radius 3 is 2.67 bits per heavy atom. The molecule has 39 heavy (non-hydrogen) atoms. The van der Waals surface area contributed by atoms with E-state index in [-0.39, 0.29) is 41.9 Å². The maximum Gasteiger partial charge on any atom is 0.303 e. The average Bonchev–Trinajstić information content (AvgIpc) is 3.44. The van der Waals surface area contributed by atoms with Gasteiger partial charge in [-0.2, -0.15) is 5.10 Å². The number of aromatic nitrogens is 2. The van der Waals surface area contributed by atoms with E-state index < -0.39 is 64.9 Å². The zero-order chi connectivity index (χ0) is 32.3. The van der Waals surface area contributed by atoms with E-state index in [0.29, 0.717) is 18.5 Å². The lowest BCUT2D eigenvalue weighted by molar-refractivity contribution is -0.182. The van der Waals surface area contributed by atoms with Crippen LogP contribution in [0.1, 0.15) is 65.6 Å². The maximum atomic E-state index is 13.4. The summed E-state index contributed by atoms with van der Waals surface area (Å²) in [6.45, 7) is 8.57. The molecule has 7 nitrogen and oxygen atoms in total. The highest BCUT2D eigenvalue weighted by molar-refractivity contribution is 5.91. The van der Waals surface area contributed by atoms with Crippen LogP contribution in [0.2, 0.25) is 0 Å². The zero-order valence-corrected chi connectivity index (χ0v) is 23.0. The fraction of sp³-hybridized carbons (Fsp3) is 0.531. The summed E-state index contributed by atoms with van der Waals surface area (Å²) in [7, 11) is 0. The molecule has 0 bridgehead atoms. The number of carbonyl (C=O) groups is 2. The summed E-state index contributed by atoms with van der Waals surface area (Å²) >= 11 is 0. The van der Waals surface area contributed by atoms with E-state index in [0.717, 1.165) is 16.7 Å². The fourth-order valence-corrected chi connectivity index (χ4v) is 8.80. The molecule has 8 atom stereocenters. The first-order valence-electron chi connectivity index (χ1n) is 16.1. The largest absolute Gasteiger partial charge is 0.458 e. The molecule has 2 saturated carbocycles. The van der Waals surface area contributed by atoms with E-state index in [1.807, 2.05) is 26.8 Å². The molecule has 206 valence electrons. The van der Waals surface area contributed by atoms with Crippen LogP contribution < -0.4 is 0 Å². The Morgan fingerprint density at radius 1 is 1.26 bits per heavy atom. The molecule has 4 aliphatic carbocycles. The standard InChI is InChI=1S/C32H38N2O5/c1-18-11-23-25-12-19(2)32(38,28(37)17-39-20(3)35)31(25,5)15-27(36)29(23)30(4)14-21-16-33-34(26(21)13-24(18)30)22-9-7-6-8-10-22/h6-11,13,16,19,23,25,27,29,36,38H,12,14-15,17H2,1-5H3/t19-,23+,25+,27+,29-,30+,31+,32+/m1/s1/i6D,7D,8D,9D,10D. The molecule has 1 heterocycles. The van der Waals surface area contributed by atoms with Gasteiger partial charge in [-0.25, -0.2) is 4.68 Å². The average molecular weight is 536 g/mol. The van der Waals surface area contributed by atoms with Crippen molar-refractivity contribution in [2.24, 2.45) is 34.5 Å². The Labute approximate surface area is 236 Å². The smallest absolute Gasteiger partial charge is 0.303 e. The molecule has 2 N–H and O–H groups in total. The van der Waals surface area contributed by atoms with Gasteiger partial charge in [-0.05, 0) is 73.2 Å². The number of benzene rings is 1. The third-order valence-electron chi connectivity index (χ3n) is 10.4. The summed E-state index contributed by atoms with van der Waals surface area (Å²) in [5.41, 5.74) is 0.194. The minimum absolute atomic E-state index is 0.0147. The van der Waals surface area contributed by atoms with Crippen LogP contribution in [0.15, 0.2) is 53.6 Å². The molecular weight excluding hydrogens is 492 g/mol. The topological polar surface area (TPSA) is 102 Å². The van der Waals surface area contributed by atoms with E-state index in [9.17, 15) is 19.8 Å². The molecule has 1 aromatic heterocycles. The van der Waals surface area contributed by atoms with Crippen molar-refractivity contribution in [1.82, 2.24) is 9.78 Å². The van der Waals surface area contributed by atoms with Crippen molar-refractivity contribution in [1.29, 1.82) is 0 Å². The molecule has 6 rings (SSSR count). The highest BCUT2D eigenvalue weighted by Gasteiger charge is 2.70. The normalized spacial score (nSPS) is 40.3. The summed E-state index contributed by atoms with van der Waals surface area (Å²) in [5, 5.41) is 28.5. The lowest BCUT2D eigenvalue weighted by Gasteiger charge is -2.59. The van der Waals surface area contributed by atoms with Crippen molar-refractivity contribution >= 4 is 17.8 Å². The Morgan fingerprint density at radius 2 is 1.97 bits per heavy atom. The van der Waals surface area contributed by atoms with Gasteiger partial charge in [0.05, 0.1) is 30.5 Å². The number of hydrogen-bond donors (Lipinski definition) is 2. The Hall–Kier alpha value is -3.03. The van der Waals surface area contributed by atoms with Crippen LogP contribution in [0.25, 0.3) is 11.8 Å². The first-order valence-corrected chi connectivity index (χ1v) is 13.6. The molecule has 0 amide bonds. The SMILES string of the molecule is [2H]c1c([2H])c([2H])c(-n2ncc3c2C=C2C(C)=C[C@@H]4[C@H]([C@@H](O)C[C@@]5(C)[C@H]4C[C@@H](C)[C@]5(O)C(=O)COC(C)=O)[C@@]2(C)C3)c([2H])c1[2H]. The number of esters is 1. The number of aliphatic hydroxyl groups excluding tert-OH is 1. The van der Waals surface area contributed by atoms with Gasteiger partial charge in [-0.3, -0.25) is 9.59 Å². The lowest BCUT2D eigenvalue weighted by atomic mass is 9.46. The van der Waals surface area contributed by atoms with Crippen LogP contribution in [0.5, 0.6) is 0 Å². The van der Waals surface area contributed by atoms with E-state index in [4.69, 9.17) is 11.6 Å². The lowest BCUT2D eigenvalue weighted by Crippen LogP contribution is -2.62. The maximum absolute atomic E-state index is 13.4. The third kappa shape index (κ3) is 3.52. The predicted octanol–water partition coefficient (Wildman–Crippen LogP) is 4.30. The van der Waals surface area contributed by atoms with Crippen LogP contribution >= 0.6 is 0 Å². The molecule has 0 unspecified atom stereocenters. The van der Waals surface area contributed by atoms with Gasteiger partial charge in [0.25, 0.3) is 0 Å². The van der Waals surface area contributed by atoms with E-state index in [2.05, 4.69) is 18.1 Å². The van der Waals surface area contributed by atoms with Crippen molar-refractivity contribution in [3.8, 4) is 5.69 Å². The molecule has 2 fully saturated rings. The molecule has 7 heteroatoms. The molecular formula is C32H38N2O5. The number of ether oxygens (including phenoxy) is 1. The molecule has 0 aliphatic heterocycles. The summed E-state index contributed by atoms with van der Waals surface area (Å²) in [5.74, 6) is -2.02. The minimum atomic E-state index is -1.76. The first kappa shape index (κ1) is 20.8. The van der Waals surface area contributed by atoms with Crippen LogP contribution in [0.4, 0.5) is 0 Å². The van der Waals surface area contributed by atoms with Gasteiger partial charge in [-0.15, -0.1) is 0 Å². The highest BCUT2D eigenvalue weighted by Crippen LogP contribution is 2.68. The minimum Gasteiger partial charge on any atom is -0.458 e. The van der Waals surface area contributed by atoms with Gasteiger partial charge in [-0.1, -0.05) is 50.5 Å². The molecule has 0 saturated heterocycles. The molecule has 0 spiro atoms. The number of rotatable bonds is 4. The number of carbonyl (C=O) groups excluding carboxylic acids is 2. The Bertz CT molecular complexity index is 1660. The van der Waals surface area contributed by atoms with E-state index >= 15 is 0 Å². The summed E-state index contributed by atoms with van der Waals surface area (Å²) in [4.78, 5) is 24.9. The quantitative estimate of drug-likeness (QED) is 0.566. The number of ketones is 1. The third-order valence-corrected chi connectivity index (χ3v) is 10.4. The van der Waals surface area contributed by atoms with Crippen molar-refractivity contribution < 1.29 is 31.4 Å². The first-order chi connectivity index (χ1) is 20.5. The van der Waals surface area contributed by atoms with Crippen molar-refractivity contribution in [3.63, 3.8) is 0 Å². The number of para-hydroxylation sites is 1. The fourth-order valence-electron chi connectivity index (χ4n) is 8.80. The number of nitrogens with zero attached hydrogens (tertiary/aromatic N) is 2. The molecule has 2 aromatic rings. The van der Waals surface area contributed by atoms with Crippen molar-refractivity contribution in [2.75, 3.05) is 6.61 Å². The summed E-state index contributed by atoms with van der Waals surface area (Å²) in [6, 6.07) is -2.00. The van der Waals surface area contributed by atoms with Gasteiger partial charge in [0.2, 0.25) is 5.78 Å². The molecule has 0 radical (unpaired) electrons. The number of aliphatic hydroxyl groups is 2. The van der Waals surface area contributed by atoms with Gasteiger partial charge in [0.1, 0.15) is 5.60 Å². The Balaban J connectivity index is 1.44. The van der Waals surface area contributed by atoms with Crippen LogP contribution in [-0.2, 0) is 20.7 Å². The van der Waals surface area contributed by atoms with Crippen LogP contribution in [0.3, 0.4) is 0 Å². The second-order valence-electron chi connectivity index (χ2n) is 12.4. The number of hydrogen-bond acceptors (Lipinski definition) is 6. The Kier molecular flexibility index (Phi) is 4.66. The van der Waals surface area contributed by atoms with Crippen LogP contribution in [0, 0.1) is 34.5 Å². The number of Topliss-reactive ketones (excluding diaryl/α,β-unsaturated/α-hetero) is 1. The number of fused-ring (bicyclic) bond motifs is 6. The highest BCUT2D eigenvalue weighted by atomic mass is 16.5. The monoisotopic (exact) mass is 535 g/mol. The van der Waals surface area contributed by atoms with E-state index in [1.165, 1.54) is 11.6 Å². The predicted molar refractivity (Wildman–Crippen MR) is 147 cm³/mol. The van der Waals surface area contributed by atoms with Gasteiger partial charge in [0.15, 0.2) is 6.61 Å². The van der Waals surface area contributed by atoms with Crippen LogP contribution in [-0.4, -0.2) is 50.1 Å². The zero-order valence-electron chi connectivity index (χ0n) is 28.0. The second kappa shape index (κ2) is 8.73. The second-order valence-corrected chi connectivity index (χ2v) is 12.4. The van der Waals surface area contributed by atoms with Gasteiger partial charge < -0.3 is 14.9 Å². The summed E-state index contributed by atoms with van der Waals surface area (Å²) in [6.07, 6.45) is 6.21. The van der Waals surface area contributed by atoms with Crippen molar-refractivity contribution in [2.45, 2.75) is 65.6 Å². The summed E-state index contributed by atoms with van der Waals surface area (Å²) < 4.78 is 47.6. The molecule has 4 aliphatic rings. The van der Waals surface area contributed by atoms with Crippen molar-refractivity contribution in [3.05, 3.63) is 64.9 Å². The van der Waals surface area contributed by atoms with Gasteiger partial charge >= 0.3 is 5.97 Å². The van der Waals surface area contributed by atoms with E-state index in [1.54, 1.807) is 6.20 Å².